The van der Waals surface area contributed by atoms with E-state index in [-0.39, 0.29) is 18.4 Å². The number of aliphatic hydroxyl groups is 1. The molecule has 1 N–H and O–H groups in total. The number of carbonyl (C=O) groups excluding carboxylic acids is 2. The second kappa shape index (κ2) is 6.59. The van der Waals surface area contributed by atoms with Gasteiger partial charge in [0.25, 0.3) is 5.91 Å². The average Bonchev–Trinajstić information content (AvgIpc) is 3.10. The summed E-state index contributed by atoms with van der Waals surface area (Å²) in [5.41, 5.74) is 0.218. The van der Waals surface area contributed by atoms with Crippen LogP contribution in [0.25, 0.3) is 0 Å². The van der Waals surface area contributed by atoms with Crippen molar-refractivity contribution in [3.8, 4) is 0 Å². The fourth-order valence-corrected chi connectivity index (χ4v) is 4.25. The number of thiophene rings is 1. The number of likely N-dealkylation sites (tertiary alicyclic amines) is 1. The summed E-state index contributed by atoms with van der Waals surface area (Å²) in [4.78, 5) is 31.1. The zero-order valence-electron chi connectivity index (χ0n) is 13.4. The van der Waals surface area contributed by atoms with E-state index >= 15 is 0 Å². The van der Waals surface area contributed by atoms with Gasteiger partial charge in [-0.1, -0.05) is 0 Å². The molecule has 0 atom stereocenters. The standard InChI is InChI=1S/C16H23N3O3S/c1-17-7-8-19(9-10-20)15(22)16(17)3-5-18(6-4-16)14(21)13-2-11-23-12-13/h2,11-12,20H,3-10H2,1H3. The molecule has 1 spiro atoms. The molecule has 2 fully saturated rings. The van der Waals surface area contributed by atoms with E-state index < -0.39 is 5.54 Å². The highest BCUT2D eigenvalue weighted by Gasteiger charge is 2.49. The van der Waals surface area contributed by atoms with Crippen LogP contribution >= 0.6 is 11.3 Å². The van der Waals surface area contributed by atoms with E-state index in [0.717, 1.165) is 12.1 Å². The molecule has 0 unspecified atom stereocenters. The van der Waals surface area contributed by atoms with Crippen molar-refractivity contribution >= 4 is 23.2 Å². The van der Waals surface area contributed by atoms with Gasteiger partial charge in [-0.3, -0.25) is 14.5 Å². The number of rotatable bonds is 3. The Labute approximate surface area is 140 Å². The Bertz CT molecular complexity index is 567. The van der Waals surface area contributed by atoms with Crippen LogP contribution in [0.4, 0.5) is 0 Å². The van der Waals surface area contributed by atoms with E-state index in [4.69, 9.17) is 5.11 Å². The SMILES string of the molecule is CN1CCN(CCO)C(=O)C12CCN(C(=O)c1ccsc1)CC2. The first-order chi connectivity index (χ1) is 11.1. The number of amides is 2. The minimum absolute atomic E-state index is 0.00565. The molecular weight excluding hydrogens is 314 g/mol. The van der Waals surface area contributed by atoms with Crippen molar-refractivity contribution in [3.63, 3.8) is 0 Å². The average molecular weight is 337 g/mol. The molecule has 126 valence electrons. The molecule has 1 aromatic rings. The summed E-state index contributed by atoms with van der Waals surface area (Å²) in [6, 6.07) is 1.85. The third-order valence-electron chi connectivity index (χ3n) is 5.14. The molecular formula is C16H23N3O3S. The van der Waals surface area contributed by atoms with Gasteiger partial charge in [0.1, 0.15) is 5.54 Å². The van der Waals surface area contributed by atoms with Crippen molar-refractivity contribution < 1.29 is 14.7 Å². The van der Waals surface area contributed by atoms with Crippen molar-refractivity contribution in [1.29, 1.82) is 0 Å². The highest BCUT2D eigenvalue weighted by molar-refractivity contribution is 7.08. The maximum atomic E-state index is 12.9. The summed E-state index contributed by atoms with van der Waals surface area (Å²) >= 11 is 1.52. The number of carbonyl (C=O) groups is 2. The van der Waals surface area contributed by atoms with Gasteiger partial charge < -0.3 is 14.9 Å². The quantitative estimate of drug-likeness (QED) is 0.872. The molecule has 0 radical (unpaired) electrons. The summed E-state index contributed by atoms with van der Waals surface area (Å²) < 4.78 is 0. The Hall–Kier alpha value is -1.44. The molecule has 0 aromatic carbocycles. The van der Waals surface area contributed by atoms with E-state index in [1.165, 1.54) is 11.3 Å². The normalized spacial score (nSPS) is 21.9. The van der Waals surface area contributed by atoms with Crippen molar-refractivity contribution in [3.05, 3.63) is 22.4 Å². The molecule has 23 heavy (non-hydrogen) atoms. The van der Waals surface area contributed by atoms with Crippen LogP contribution in [0.1, 0.15) is 23.2 Å². The van der Waals surface area contributed by atoms with Gasteiger partial charge in [-0.2, -0.15) is 11.3 Å². The van der Waals surface area contributed by atoms with Gasteiger partial charge >= 0.3 is 0 Å². The third-order valence-corrected chi connectivity index (χ3v) is 5.82. The highest BCUT2D eigenvalue weighted by Crippen LogP contribution is 2.33. The van der Waals surface area contributed by atoms with Crippen LogP contribution in [-0.4, -0.2) is 83.5 Å². The number of likely N-dealkylation sites (N-methyl/N-ethyl adjacent to an activating group) is 1. The molecule has 6 nitrogen and oxygen atoms in total. The first-order valence-corrected chi connectivity index (χ1v) is 8.96. The molecule has 3 heterocycles. The summed E-state index contributed by atoms with van der Waals surface area (Å²) in [6.07, 6.45) is 1.31. The first-order valence-electron chi connectivity index (χ1n) is 8.01. The summed E-state index contributed by atoms with van der Waals surface area (Å²) in [5.74, 6) is 0.155. The summed E-state index contributed by atoms with van der Waals surface area (Å²) in [5, 5.41) is 12.9. The van der Waals surface area contributed by atoms with Crippen molar-refractivity contribution in [2.45, 2.75) is 18.4 Å². The molecule has 7 heteroatoms. The molecule has 1 aromatic heterocycles. The van der Waals surface area contributed by atoms with Crippen LogP contribution in [0.2, 0.25) is 0 Å². The second-order valence-electron chi connectivity index (χ2n) is 6.27. The fourth-order valence-electron chi connectivity index (χ4n) is 3.62. The fraction of sp³-hybridized carbons (Fsp3) is 0.625. The molecule has 0 saturated carbocycles. The van der Waals surface area contributed by atoms with Gasteiger partial charge in [-0.05, 0) is 31.3 Å². The van der Waals surface area contributed by atoms with Crippen molar-refractivity contribution in [1.82, 2.24) is 14.7 Å². The van der Waals surface area contributed by atoms with E-state index in [0.29, 0.717) is 39.0 Å². The van der Waals surface area contributed by atoms with Crippen LogP contribution in [0, 0.1) is 0 Å². The van der Waals surface area contributed by atoms with E-state index in [2.05, 4.69) is 4.90 Å². The van der Waals surface area contributed by atoms with Crippen LogP contribution in [0.3, 0.4) is 0 Å². The van der Waals surface area contributed by atoms with Gasteiger partial charge in [-0.15, -0.1) is 0 Å². The van der Waals surface area contributed by atoms with Crippen LogP contribution in [0.5, 0.6) is 0 Å². The molecule has 0 bridgehead atoms. The van der Waals surface area contributed by atoms with Gasteiger partial charge in [0, 0.05) is 38.1 Å². The first kappa shape index (κ1) is 16.4. The Morgan fingerprint density at radius 3 is 2.65 bits per heavy atom. The predicted molar refractivity (Wildman–Crippen MR) is 88.5 cm³/mol. The molecule has 2 saturated heterocycles. The largest absolute Gasteiger partial charge is 0.395 e. The summed E-state index contributed by atoms with van der Waals surface area (Å²) in [6.45, 7) is 3.05. The summed E-state index contributed by atoms with van der Waals surface area (Å²) in [7, 11) is 1.99. The molecule has 2 aliphatic rings. The number of aliphatic hydroxyl groups excluding tert-OH is 1. The number of piperazine rings is 1. The Morgan fingerprint density at radius 2 is 2.04 bits per heavy atom. The number of hydrogen-bond donors (Lipinski definition) is 1. The lowest BCUT2D eigenvalue weighted by molar-refractivity contribution is -0.154. The van der Waals surface area contributed by atoms with Crippen LogP contribution in [-0.2, 0) is 4.79 Å². The lowest BCUT2D eigenvalue weighted by Crippen LogP contribution is -2.68. The lowest BCUT2D eigenvalue weighted by atomic mass is 9.82. The van der Waals surface area contributed by atoms with Gasteiger partial charge in [0.15, 0.2) is 0 Å². The van der Waals surface area contributed by atoms with Crippen LogP contribution in [0.15, 0.2) is 16.8 Å². The van der Waals surface area contributed by atoms with E-state index in [9.17, 15) is 9.59 Å². The van der Waals surface area contributed by atoms with Crippen molar-refractivity contribution in [2.24, 2.45) is 0 Å². The van der Waals surface area contributed by atoms with Crippen molar-refractivity contribution in [2.75, 3.05) is 46.4 Å². The smallest absolute Gasteiger partial charge is 0.254 e. The molecule has 2 aliphatic heterocycles. The van der Waals surface area contributed by atoms with E-state index in [1.807, 2.05) is 28.8 Å². The molecule has 2 amide bonds. The topological polar surface area (TPSA) is 64.1 Å². The van der Waals surface area contributed by atoms with E-state index in [1.54, 1.807) is 4.90 Å². The minimum atomic E-state index is -0.515. The minimum Gasteiger partial charge on any atom is -0.395 e. The maximum Gasteiger partial charge on any atom is 0.254 e. The zero-order valence-corrected chi connectivity index (χ0v) is 14.2. The number of hydrogen-bond acceptors (Lipinski definition) is 5. The maximum absolute atomic E-state index is 12.9. The predicted octanol–water partition coefficient (Wildman–Crippen LogP) is 0.489. The number of β-amino-alcohol motifs (C(OH)–C–C–N with tert-alkyl or cyclic N) is 1. The van der Waals surface area contributed by atoms with Gasteiger partial charge in [0.05, 0.1) is 12.2 Å². The zero-order chi connectivity index (χ0) is 16.4. The van der Waals surface area contributed by atoms with Gasteiger partial charge in [-0.25, -0.2) is 0 Å². The highest BCUT2D eigenvalue weighted by atomic mass is 32.1. The number of nitrogens with zero attached hydrogens (tertiary/aromatic N) is 3. The Balaban J connectivity index is 1.70. The van der Waals surface area contributed by atoms with Crippen LogP contribution < -0.4 is 0 Å². The second-order valence-corrected chi connectivity index (χ2v) is 7.05. The van der Waals surface area contributed by atoms with Gasteiger partial charge in [0.2, 0.25) is 5.91 Å². The Morgan fingerprint density at radius 1 is 1.30 bits per heavy atom. The Kier molecular flexibility index (Phi) is 4.70. The lowest BCUT2D eigenvalue weighted by Gasteiger charge is -2.51. The number of piperidine rings is 1. The monoisotopic (exact) mass is 337 g/mol. The molecule has 0 aliphatic carbocycles. The molecule has 3 rings (SSSR count). The third kappa shape index (κ3) is 2.88.